The van der Waals surface area contributed by atoms with Gasteiger partial charge in [-0.25, -0.2) is 0 Å². The quantitative estimate of drug-likeness (QED) is 0.745. The molecule has 2 atom stereocenters. The molecule has 0 bridgehead atoms. The number of carbonyl (C=O) groups excluding carboxylic acids is 1. The number of benzene rings is 1. The van der Waals surface area contributed by atoms with E-state index in [2.05, 4.69) is 13.5 Å². The average molecular weight is 287 g/mol. The van der Waals surface area contributed by atoms with Crippen molar-refractivity contribution in [3.05, 3.63) is 43.0 Å². The number of hydrogen-bond acceptors (Lipinski definition) is 2. The van der Waals surface area contributed by atoms with Crippen molar-refractivity contribution in [3.63, 3.8) is 0 Å². The Hall–Kier alpha value is -1.61. The molecular formula is C18H25NO2. The molecule has 1 amide bonds. The predicted octanol–water partition coefficient (Wildman–Crippen LogP) is 3.80. The Morgan fingerprint density at radius 3 is 2.81 bits per heavy atom. The zero-order valence-corrected chi connectivity index (χ0v) is 12.8. The van der Waals surface area contributed by atoms with E-state index in [9.17, 15) is 4.79 Å². The monoisotopic (exact) mass is 287 g/mol. The summed E-state index contributed by atoms with van der Waals surface area (Å²) in [6.07, 6.45) is 6.60. The third-order valence-corrected chi connectivity index (χ3v) is 4.01. The van der Waals surface area contributed by atoms with E-state index in [0.717, 1.165) is 18.5 Å². The lowest BCUT2D eigenvalue weighted by Crippen LogP contribution is -2.36. The molecule has 1 fully saturated rings. The summed E-state index contributed by atoms with van der Waals surface area (Å²) in [5.74, 6) is 0.705. The largest absolute Gasteiger partial charge is 0.368 e. The van der Waals surface area contributed by atoms with Crippen LogP contribution in [0.2, 0.25) is 0 Å². The molecule has 0 spiro atoms. The predicted molar refractivity (Wildman–Crippen MR) is 86.4 cm³/mol. The van der Waals surface area contributed by atoms with Crippen LogP contribution in [0.1, 0.15) is 32.6 Å². The Balaban J connectivity index is 1.91. The SMILES string of the molecule is C=CCN(C(=O)COC1CCCC(C)C1)c1ccccc1. The third-order valence-electron chi connectivity index (χ3n) is 4.01. The first-order chi connectivity index (χ1) is 10.2. The van der Waals surface area contributed by atoms with E-state index in [-0.39, 0.29) is 18.6 Å². The number of hydrogen-bond donors (Lipinski definition) is 0. The molecule has 0 N–H and O–H groups in total. The van der Waals surface area contributed by atoms with E-state index in [0.29, 0.717) is 12.5 Å². The van der Waals surface area contributed by atoms with E-state index in [1.165, 1.54) is 12.8 Å². The Bertz CT molecular complexity index is 458. The first-order valence-corrected chi connectivity index (χ1v) is 7.78. The smallest absolute Gasteiger partial charge is 0.253 e. The normalized spacial score (nSPS) is 21.8. The van der Waals surface area contributed by atoms with Gasteiger partial charge in [-0.2, -0.15) is 0 Å². The van der Waals surface area contributed by atoms with Crippen LogP contribution in [-0.2, 0) is 9.53 Å². The van der Waals surface area contributed by atoms with Crippen molar-refractivity contribution in [2.75, 3.05) is 18.1 Å². The highest BCUT2D eigenvalue weighted by atomic mass is 16.5. The fourth-order valence-corrected chi connectivity index (χ4v) is 2.89. The van der Waals surface area contributed by atoms with Crippen LogP contribution in [0.3, 0.4) is 0 Å². The highest BCUT2D eigenvalue weighted by Gasteiger charge is 2.21. The second-order valence-electron chi connectivity index (χ2n) is 5.83. The lowest BCUT2D eigenvalue weighted by Gasteiger charge is -2.28. The van der Waals surface area contributed by atoms with Crippen LogP contribution in [0.15, 0.2) is 43.0 Å². The van der Waals surface area contributed by atoms with Crippen molar-refractivity contribution in [3.8, 4) is 0 Å². The van der Waals surface area contributed by atoms with Crippen LogP contribution in [0.5, 0.6) is 0 Å². The summed E-state index contributed by atoms with van der Waals surface area (Å²) in [5, 5.41) is 0. The minimum atomic E-state index is -0.000624. The van der Waals surface area contributed by atoms with Gasteiger partial charge >= 0.3 is 0 Å². The first-order valence-electron chi connectivity index (χ1n) is 7.78. The first kappa shape index (κ1) is 15.8. The topological polar surface area (TPSA) is 29.5 Å². The summed E-state index contributed by atoms with van der Waals surface area (Å²) in [6, 6.07) is 9.68. The molecule has 0 aliphatic heterocycles. The third kappa shape index (κ3) is 4.71. The van der Waals surface area contributed by atoms with Crippen molar-refractivity contribution in [2.45, 2.75) is 38.7 Å². The molecule has 0 heterocycles. The second-order valence-corrected chi connectivity index (χ2v) is 5.83. The highest BCUT2D eigenvalue weighted by molar-refractivity contribution is 5.94. The molecule has 3 nitrogen and oxygen atoms in total. The maximum absolute atomic E-state index is 12.4. The second kappa shape index (κ2) is 7.99. The van der Waals surface area contributed by atoms with Gasteiger partial charge in [0.25, 0.3) is 5.91 Å². The molecule has 3 heteroatoms. The molecule has 2 unspecified atom stereocenters. The Morgan fingerprint density at radius 1 is 1.38 bits per heavy atom. The summed E-state index contributed by atoms with van der Waals surface area (Å²) in [5.41, 5.74) is 0.892. The van der Waals surface area contributed by atoms with E-state index < -0.39 is 0 Å². The highest BCUT2D eigenvalue weighted by Crippen LogP contribution is 2.25. The number of amides is 1. The molecule has 1 aliphatic rings. The van der Waals surface area contributed by atoms with Crippen LogP contribution in [-0.4, -0.2) is 25.2 Å². The standard InChI is InChI=1S/C18H25NO2/c1-3-12-19(16-9-5-4-6-10-16)18(20)14-21-17-11-7-8-15(2)13-17/h3-6,9-10,15,17H,1,7-8,11-14H2,2H3. The van der Waals surface area contributed by atoms with Crippen molar-refractivity contribution in [1.29, 1.82) is 0 Å². The molecule has 1 aromatic rings. The zero-order valence-electron chi connectivity index (χ0n) is 12.8. The van der Waals surface area contributed by atoms with Gasteiger partial charge in [-0.1, -0.05) is 44.0 Å². The van der Waals surface area contributed by atoms with Crippen LogP contribution in [0, 0.1) is 5.92 Å². The number of nitrogens with zero attached hydrogens (tertiary/aromatic N) is 1. The van der Waals surface area contributed by atoms with Crippen molar-refractivity contribution < 1.29 is 9.53 Å². The van der Waals surface area contributed by atoms with Gasteiger partial charge in [-0.05, 0) is 30.9 Å². The van der Waals surface area contributed by atoms with E-state index in [4.69, 9.17) is 4.74 Å². The molecule has 114 valence electrons. The molecule has 1 saturated carbocycles. The van der Waals surface area contributed by atoms with Crippen LogP contribution in [0.25, 0.3) is 0 Å². The molecule has 21 heavy (non-hydrogen) atoms. The summed E-state index contributed by atoms with van der Waals surface area (Å²) in [7, 11) is 0. The van der Waals surface area contributed by atoms with E-state index >= 15 is 0 Å². The summed E-state index contributed by atoms with van der Waals surface area (Å²) < 4.78 is 5.84. The molecular weight excluding hydrogens is 262 g/mol. The van der Waals surface area contributed by atoms with E-state index in [1.807, 2.05) is 30.3 Å². The fraction of sp³-hybridized carbons (Fsp3) is 0.500. The maximum Gasteiger partial charge on any atom is 0.253 e. The van der Waals surface area contributed by atoms with Crippen molar-refractivity contribution in [2.24, 2.45) is 5.92 Å². The van der Waals surface area contributed by atoms with Crippen LogP contribution < -0.4 is 4.90 Å². The number of anilines is 1. The van der Waals surface area contributed by atoms with Crippen LogP contribution in [0.4, 0.5) is 5.69 Å². The van der Waals surface area contributed by atoms with Crippen molar-refractivity contribution >= 4 is 11.6 Å². The number of para-hydroxylation sites is 1. The van der Waals surface area contributed by atoms with Gasteiger partial charge < -0.3 is 9.64 Å². The number of rotatable bonds is 6. The summed E-state index contributed by atoms with van der Waals surface area (Å²) in [4.78, 5) is 14.1. The van der Waals surface area contributed by atoms with E-state index in [1.54, 1.807) is 11.0 Å². The lowest BCUT2D eigenvalue weighted by molar-refractivity contribution is -0.126. The zero-order chi connectivity index (χ0) is 15.1. The molecule has 1 aromatic carbocycles. The lowest BCUT2D eigenvalue weighted by atomic mass is 9.89. The van der Waals surface area contributed by atoms with Gasteiger partial charge in [0.1, 0.15) is 6.61 Å². The maximum atomic E-state index is 12.4. The van der Waals surface area contributed by atoms with Gasteiger partial charge in [0, 0.05) is 12.2 Å². The van der Waals surface area contributed by atoms with Gasteiger partial charge in [0.2, 0.25) is 0 Å². The van der Waals surface area contributed by atoms with Gasteiger partial charge in [-0.15, -0.1) is 6.58 Å². The summed E-state index contributed by atoms with van der Waals surface area (Å²) >= 11 is 0. The van der Waals surface area contributed by atoms with Gasteiger partial charge in [0.05, 0.1) is 6.10 Å². The van der Waals surface area contributed by atoms with Crippen LogP contribution >= 0.6 is 0 Å². The minimum Gasteiger partial charge on any atom is -0.368 e. The van der Waals surface area contributed by atoms with Gasteiger partial charge in [-0.3, -0.25) is 4.79 Å². The summed E-state index contributed by atoms with van der Waals surface area (Å²) in [6.45, 7) is 6.65. The van der Waals surface area contributed by atoms with Crippen molar-refractivity contribution in [1.82, 2.24) is 0 Å². The average Bonchev–Trinajstić information content (AvgIpc) is 2.51. The Labute approximate surface area is 127 Å². The molecule has 0 radical (unpaired) electrons. The van der Waals surface area contributed by atoms with Gasteiger partial charge in [0.15, 0.2) is 0 Å². The molecule has 0 saturated heterocycles. The number of ether oxygens (including phenoxy) is 1. The molecule has 0 aromatic heterocycles. The fourth-order valence-electron chi connectivity index (χ4n) is 2.89. The number of carbonyl (C=O) groups is 1. The Kier molecular flexibility index (Phi) is 6.00. The molecule has 2 rings (SSSR count). The minimum absolute atomic E-state index is 0.000624. The molecule has 1 aliphatic carbocycles. The Morgan fingerprint density at radius 2 is 2.14 bits per heavy atom.